The van der Waals surface area contributed by atoms with Crippen molar-refractivity contribution in [2.45, 2.75) is 5.41 Å². The van der Waals surface area contributed by atoms with Crippen LogP contribution in [0.2, 0.25) is 0 Å². The van der Waals surface area contributed by atoms with Crippen molar-refractivity contribution < 1.29 is 0 Å². The van der Waals surface area contributed by atoms with E-state index in [1.807, 2.05) is 6.07 Å². The number of nitrogens with one attached hydrogen (secondary N) is 1. The van der Waals surface area contributed by atoms with Crippen LogP contribution in [0.15, 0.2) is 146 Å². The second-order valence-electron chi connectivity index (χ2n) is 10.5. The highest BCUT2D eigenvalue weighted by molar-refractivity contribution is 6.12. The minimum atomic E-state index is -0.382. The van der Waals surface area contributed by atoms with Crippen molar-refractivity contribution in [2.75, 3.05) is 0 Å². The van der Waals surface area contributed by atoms with Gasteiger partial charge in [0.15, 0.2) is 0 Å². The summed E-state index contributed by atoms with van der Waals surface area (Å²) in [5.41, 5.74) is 14.8. The van der Waals surface area contributed by atoms with Gasteiger partial charge in [-0.25, -0.2) is 0 Å². The van der Waals surface area contributed by atoms with Gasteiger partial charge >= 0.3 is 0 Å². The molecule has 0 radical (unpaired) electrons. The van der Waals surface area contributed by atoms with E-state index >= 15 is 0 Å². The number of hydrogen-bond acceptors (Lipinski definition) is 1. The molecule has 0 fully saturated rings. The van der Waals surface area contributed by atoms with E-state index in [-0.39, 0.29) is 5.41 Å². The van der Waals surface area contributed by atoms with Crippen LogP contribution < -0.4 is 0 Å². The fourth-order valence-electron chi connectivity index (χ4n) is 6.88. The summed E-state index contributed by atoms with van der Waals surface area (Å²) in [5, 5.41) is 9.22. The van der Waals surface area contributed by atoms with Crippen LogP contribution in [0.5, 0.6) is 0 Å². The molecule has 39 heavy (non-hydrogen) atoms. The Hall–Kier alpha value is -5.01. The summed E-state index contributed by atoms with van der Waals surface area (Å²) < 4.78 is 0. The molecule has 1 N–H and O–H groups in total. The van der Waals surface area contributed by atoms with Crippen molar-refractivity contribution in [3.05, 3.63) is 179 Å². The molecule has 6 aromatic carbocycles. The first-order valence-electron chi connectivity index (χ1n) is 13.5. The van der Waals surface area contributed by atoms with E-state index in [1.54, 1.807) is 0 Å². The lowest BCUT2D eigenvalue weighted by atomic mass is 9.70. The van der Waals surface area contributed by atoms with Gasteiger partial charge < -0.3 is 0 Å². The molecule has 0 amide bonds. The standard InChI is InChI=1S/C38H25N/c39-37(27-20-18-26(19-21-27)25-10-2-1-3-11-25)28-22-23-32-31-14-6-9-17-35(31)38(36(32)24-28)33-15-7-4-12-29(33)30-13-5-8-16-34(30)38/h1-24,39H. The maximum Gasteiger partial charge on any atom is 0.0725 e. The minimum Gasteiger partial charge on any atom is -0.300 e. The maximum absolute atomic E-state index is 9.22. The summed E-state index contributed by atoms with van der Waals surface area (Å²) in [6, 6.07) is 51.9. The third-order valence-electron chi connectivity index (χ3n) is 8.57. The smallest absolute Gasteiger partial charge is 0.0725 e. The van der Waals surface area contributed by atoms with Crippen LogP contribution in [-0.2, 0) is 5.41 Å². The van der Waals surface area contributed by atoms with E-state index in [0.29, 0.717) is 5.71 Å². The largest absolute Gasteiger partial charge is 0.300 e. The fraction of sp³-hybridized carbons (Fsp3) is 0.0263. The van der Waals surface area contributed by atoms with Crippen LogP contribution in [0.25, 0.3) is 33.4 Å². The lowest BCUT2D eigenvalue weighted by Gasteiger charge is -2.30. The molecular formula is C38H25N. The van der Waals surface area contributed by atoms with Gasteiger partial charge in [0.25, 0.3) is 0 Å². The molecule has 1 spiro atoms. The average molecular weight is 496 g/mol. The molecule has 2 aliphatic carbocycles. The molecule has 0 aliphatic heterocycles. The Balaban J connectivity index is 1.31. The molecule has 0 atom stereocenters. The van der Waals surface area contributed by atoms with Crippen molar-refractivity contribution in [3.63, 3.8) is 0 Å². The summed E-state index contributed by atoms with van der Waals surface area (Å²) >= 11 is 0. The van der Waals surface area contributed by atoms with Crippen LogP contribution in [0.3, 0.4) is 0 Å². The topological polar surface area (TPSA) is 23.9 Å². The van der Waals surface area contributed by atoms with Gasteiger partial charge in [-0.15, -0.1) is 0 Å². The highest BCUT2D eigenvalue weighted by Crippen LogP contribution is 2.62. The third-order valence-corrected chi connectivity index (χ3v) is 8.57. The maximum atomic E-state index is 9.22. The summed E-state index contributed by atoms with van der Waals surface area (Å²) in [5.74, 6) is 0. The second kappa shape index (κ2) is 8.24. The molecule has 2 aliphatic rings. The molecular weight excluding hydrogens is 470 g/mol. The Bertz CT molecular complexity index is 1850. The number of benzene rings is 6. The molecule has 0 unspecified atom stereocenters. The summed E-state index contributed by atoms with van der Waals surface area (Å²) in [6.07, 6.45) is 0. The number of fused-ring (bicyclic) bond motifs is 10. The van der Waals surface area contributed by atoms with Crippen LogP contribution in [0.1, 0.15) is 33.4 Å². The van der Waals surface area contributed by atoms with Crippen molar-refractivity contribution >= 4 is 5.71 Å². The van der Waals surface area contributed by atoms with E-state index in [0.717, 1.165) is 16.7 Å². The summed E-state index contributed by atoms with van der Waals surface area (Å²) in [6.45, 7) is 0. The van der Waals surface area contributed by atoms with Gasteiger partial charge in [0.1, 0.15) is 0 Å². The molecule has 182 valence electrons. The Labute approximate surface area is 228 Å². The van der Waals surface area contributed by atoms with E-state index in [2.05, 4.69) is 140 Å². The molecule has 0 aromatic heterocycles. The molecule has 1 heteroatoms. The number of rotatable bonds is 3. The minimum absolute atomic E-state index is 0.382. The van der Waals surface area contributed by atoms with Gasteiger partial charge in [0.05, 0.1) is 11.1 Å². The quantitative estimate of drug-likeness (QED) is 0.236. The molecule has 0 saturated heterocycles. The lowest BCUT2D eigenvalue weighted by molar-refractivity contribution is 0.793. The Morgan fingerprint density at radius 3 is 1.38 bits per heavy atom. The first-order chi connectivity index (χ1) is 19.3. The Kier molecular flexibility index (Phi) is 4.65. The lowest BCUT2D eigenvalue weighted by Crippen LogP contribution is -2.26. The van der Waals surface area contributed by atoms with Gasteiger partial charge in [-0.1, -0.05) is 140 Å². The predicted octanol–water partition coefficient (Wildman–Crippen LogP) is 9.11. The molecule has 8 rings (SSSR count). The van der Waals surface area contributed by atoms with E-state index in [1.165, 1.54) is 50.1 Å². The van der Waals surface area contributed by atoms with Gasteiger partial charge in [-0.05, 0) is 61.7 Å². The van der Waals surface area contributed by atoms with Crippen LogP contribution >= 0.6 is 0 Å². The van der Waals surface area contributed by atoms with Gasteiger partial charge in [0.2, 0.25) is 0 Å². The second-order valence-corrected chi connectivity index (χ2v) is 10.5. The first-order valence-corrected chi connectivity index (χ1v) is 13.5. The van der Waals surface area contributed by atoms with Gasteiger partial charge in [-0.2, -0.15) is 0 Å². The average Bonchev–Trinajstić information content (AvgIpc) is 3.48. The van der Waals surface area contributed by atoms with Gasteiger partial charge in [-0.3, -0.25) is 5.41 Å². The molecule has 6 aromatic rings. The molecule has 0 saturated carbocycles. The van der Waals surface area contributed by atoms with Crippen molar-refractivity contribution in [2.24, 2.45) is 0 Å². The molecule has 0 bridgehead atoms. The zero-order valence-corrected chi connectivity index (χ0v) is 21.4. The van der Waals surface area contributed by atoms with E-state index in [9.17, 15) is 5.41 Å². The SMILES string of the molecule is N=C(c1ccc(-c2ccccc2)cc1)c1ccc2c(c1)C1(c3ccccc3-c3ccccc31)c1ccccc1-2. The fourth-order valence-corrected chi connectivity index (χ4v) is 6.88. The first kappa shape index (κ1) is 22.0. The summed E-state index contributed by atoms with van der Waals surface area (Å²) in [4.78, 5) is 0. The highest BCUT2D eigenvalue weighted by atomic mass is 14.5. The Morgan fingerprint density at radius 2 is 0.821 bits per heavy atom. The van der Waals surface area contributed by atoms with Gasteiger partial charge in [0, 0.05) is 11.1 Å². The summed E-state index contributed by atoms with van der Waals surface area (Å²) in [7, 11) is 0. The zero-order chi connectivity index (χ0) is 26.0. The Morgan fingerprint density at radius 1 is 0.385 bits per heavy atom. The normalized spacial score (nSPS) is 13.4. The van der Waals surface area contributed by atoms with Crippen molar-refractivity contribution in [1.29, 1.82) is 5.41 Å². The van der Waals surface area contributed by atoms with Crippen LogP contribution in [0, 0.1) is 5.41 Å². The zero-order valence-electron chi connectivity index (χ0n) is 21.4. The van der Waals surface area contributed by atoms with Crippen LogP contribution in [-0.4, -0.2) is 5.71 Å². The van der Waals surface area contributed by atoms with E-state index < -0.39 is 0 Å². The monoisotopic (exact) mass is 495 g/mol. The predicted molar refractivity (Wildman–Crippen MR) is 161 cm³/mol. The molecule has 1 nitrogen and oxygen atoms in total. The third kappa shape index (κ3) is 2.99. The number of hydrogen-bond donors (Lipinski definition) is 1. The van der Waals surface area contributed by atoms with Crippen LogP contribution in [0.4, 0.5) is 0 Å². The molecule has 0 heterocycles. The van der Waals surface area contributed by atoms with Crippen molar-refractivity contribution in [1.82, 2.24) is 0 Å². The van der Waals surface area contributed by atoms with E-state index in [4.69, 9.17) is 0 Å². The van der Waals surface area contributed by atoms with Crippen molar-refractivity contribution in [3.8, 4) is 33.4 Å². The highest BCUT2D eigenvalue weighted by Gasteiger charge is 2.51.